The molecule has 1 fully saturated rings. The van der Waals surface area contributed by atoms with Crippen LogP contribution in [0.15, 0.2) is 24.4 Å². The van der Waals surface area contributed by atoms with Crippen LogP contribution in [0.3, 0.4) is 0 Å². The molecule has 1 aromatic rings. The number of nitrogens with zero attached hydrogens (tertiary/aromatic N) is 2. The van der Waals surface area contributed by atoms with Gasteiger partial charge in [0.25, 0.3) is 0 Å². The fourth-order valence-corrected chi connectivity index (χ4v) is 3.11. The fourth-order valence-electron chi connectivity index (χ4n) is 3.11. The Morgan fingerprint density at radius 2 is 2.24 bits per heavy atom. The summed E-state index contributed by atoms with van der Waals surface area (Å²) in [5, 5.41) is 10.9. The van der Waals surface area contributed by atoms with Crippen molar-refractivity contribution < 1.29 is 19.0 Å². The summed E-state index contributed by atoms with van der Waals surface area (Å²) in [6.07, 6.45) is 1.58. The lowest BCUT2D eigenvalue weighted by atomic mass is 9.94. The van der Waals surface area contributed by atoms with E-state index in [9.17, 15) is 14.3 Å². The zero-order valence-electron chi connectivity index (χ0n) is 15.4. The molecule has 1 aliphatic heterocycles. The SMILES string of the molecule is C=C(C)Cc1c([C@@H](O)[C@@H]2CCCN2C(=O)OC(C)(C)C)ccnc1F. The molecule has 2 heterocycles. The molecule has 1 amide bonds. The molecule has 138 valence electrons. The maximum atomic E-state index is 14.2. The van der Waals surface area contributed by atoms with E-state index in [-0.39, 0.29) is 0 Å². The van der Waals surface area contributed by atoms with Crippen molar-refractivity contribution in [3.05, 3.63) is 41.5 Å². The van der Waals surface area contributed by atoms with E-state index in [1.54, 1.807) is 38.7 Å². The molecule has 0 aliphatic carbocycles. The summed E-state index contributed by atoms with van der Waals surface area (Å²) in [6.45, 7) is 11.5. The van der Waals surface area contributed by atoms with E-state index < -0.39 is 29.8 Å². The van der Waals surface area contributed by atoms with Gasteiger partial charge in [-0.25, -0.2) is 9.78 Å². The predicted octanol–water partition coefficient (Wildman–Crippen LogP) is 3.77. The second kappa shape index (κ2) is 7.52. The molecule has 6 heteroatoms. The summed E-state index contributed by atoms with van der Waals surface area (Å²) < 4.78 is 19.6. The quantitative estimate of drug-likeness (QED) is 0.663. The van der Waals surface area contributed by atoms with Crippen molar-refractivity contribution in [2.24, 2.45) is 0 Å². The molecule has 0 saturated carbocycles. The van der Waals surface area contributed by atoms with Crippen LogP contribution in [0.25, 0.3) is 0 Å². The van der Waals surface area contributed by atoms with Gasteiger partial charge in [-0.3, -0.25) is 0 Å². The van der Waals surface area contributed by atoms with E-state index in [2.05, 4.69) is 11.6 Å². The Labute approximate surface area is 148 Å². The molecule has 0 radical (unpaired) electrons. The highest BCUT2D eigenvalue weighted by Gasteiger charge is 2.38. The zero-order chi connectivity index (χ0) is 18.8. The first-order chi connectivity index (χ1) is 11.6. The molecule has 0 aromatic carbocycles. The van der Waals surface area contributed by atoms with Crippen LogP contribution in [0.4, 0.5) is 9.18 Å². The van der Waals surface area contributed by atoms with Crippen molar-refractivity contribution >= 4 is 6.09 Å². The summed E-state index contributed by atoms with van der Waals surface area (Å²) in [7, 11) is 0. The first-order valence-electron chi connectivity index (χ1n) is 8.55. The highest BCUT2D eigenvalue weighted by molar-refractivity contribution is 5.69. The Bertz CT molecular complexity index is 655. The summed E-state index contributed by atoms with van der Waals surface area (Å²) in [4.78, 5) is 17.6. The summed E-state index contributed by atoms with van der Waals surface area (Å²) in [6, 6.07) is 1.16. The minimum atomic E-state index is -0.998. The number of rotatable bonds is 4. The lowest BCUT2D eigenvalue weighted by Gasteiger charge is -2.31. The second-order valence-corrected chi connectivity index (χ2v) is 7.63. The number of pyridine rings is 1. The number of ether oxygens (including phenoxy) is 1. The number of carbonyl (C=O) groups excluding carboxylic acids is 1. The molecular formula is C19H27FN2O3. The van der Waals surface area contributed by atoms with Crippen LogP contribution in [0.1, 0.15) is 57.8 Å². The molecule has 0 spiro atoms. The Morgan fingerprint density at radius 3 is 2.84 bits per heavy atom. The second-order valence-electron chi connectivity index (χ2n) is 7.63. The molecule has 0 bridgehead atoms. The summed E-state index contributed by atoms with van der Waals surface area (Å²) in [5.74, 6) is -0.610. The first kappa shape index (κ1) is 19.4. The van der Waals surface area contributed by atoms with E-state index in [0.29, 0.717) is 30.5 Å². The van der Waals surface area contributed by atoms with Gasteiger partial charge in [-0.2, -0.15) is 4.39 Å². The highest BCUT2D eigenvalue weighted by atomic mass is 19.1. The van der Waals surface area contributed by atoms with Crippen LogP contribution in [-0.2, 0) is 11.2 Å². The number of aliphatic hydroxyl groups excluding tert-OH is 1. The number of aliphatic hydroxyl groups is 1. The zero-order valence-corrected chi connectivity index (χ0v) is 15.4. The molecule has 1 aromatic heterocycles. The third kappa shape index (κ3) is 4.78. The Kier molecular flexibility index (Phi) is 5.83. The number of aromatic nitrogens is 1. The molecule has 0 unspecified atom stereocenters. The molecule has 2 rings (SSSR count). The number of allylic oxidation sites excluding steroid dienone is 1. The van der Waals surface area contributed by atoms with Crippen LogP contribution in [-0.4, -0.2) is 39.3 Å². The molecular weight excluding hydrogens is 323 g/mol. The third-order valence-corrected chi connectivity index (χ3v) is 4.13. The smallest absolute Gasteiger partial charge is 0.410 e. The number of hydrogen-bond donors (Lipinski definition) is 1. The van der Waals surface area contributed by atoms with Crippen LogP contribution in [0, 0.1) is 5.95 Å². The van der Waals surface area contributed by atoms with E-state index in [0.717, 1.165) is 12.0 Å². The fraction of sp³-hybridized carbons (Fsp3) is 0.579. The number of likely N-dealkylation sites (tertiary alicyclic amines) is 1. The van der Waals surface area contributed by atoms with E-state index in [4.69, 9.17) is 4.74 Å². The van der Waals surface area contributed by atoms with Gasteiger partial charge >= 0.3 is 6.09 Å². The van der Waals surface area contributed by atoms with Gasteiger partial charge in [0.2, 0.25) is 5.95 Å². The molecule has 1 saturated heterocycles. The van der Waals surface area contributed by atoms with Gasteiger partial charge in [-0.05, 0) is 58.6 Å². The van der Waals surface area contributed by atoms with Crippen molar-refractivity contribution in [2.45, 2.75) is 64.7 Å². The normalized spacial score (nSPS) is 19.0. The van der Waals surface area contributed by atoms with Crippen molar-refractivity contribution in [1.82, 2.24) is 9.88 Å². The minimum Gasteiger partial charge on any atom is -0.444 e. The van der Waals surface area contributed by atoms with Crippen molar-refractivity contribution in [3.63, 3.8) is 0 Å². The maximum Gasteiger partial charge on any atom is 0.410 e. The van der Waals surface area contributed by atoms with Crippen LogP contribution in [0.5, 0.6) is 0 Å². The standard InChI is InChI=1S/C19H27FN2O3/c1-12(2)11-14-13(8-9-21-17(14)20)16(23)15-7-6-10-22(15)18(24)25-19(3,4)5/h8-9,15-16,23H,1,6-7,10-11H2,2-5H3/t15-,16+/m0/s1. The average molecular weight is 350 g/mol. The van der Waals surface area contributed by atoms with Gasteiger partial charge in [-0.1, -0.05) is 12.2 Å². The van der Waals surface area contributed by atoms with Gasteiger partial charge in [0, 0.05) is 18.3 Å². The van der Waals surface area contributed by atoms with Crippen molar-refractivity contribution in [2.75, 3.05) is 6.54 Å². The minimum absolute atomic E-state index is 0.297. The van der Waals surface area contributed by atoms with Crippen LogP contribution >= 0.6 is 0 Å². The molecule has 5 nitrogen and oxygen atoms in total. The van der Waals surface area contributed by atoms with Crippen molar-refractivity contribution in [3.8, 4) is 0 Å². The largest absolute Gasteiger partial charge is 0.444 e. The predicted molar refractivity (Wildman–Crippen MR) is 93.6 cm³/mol. The number of hydrogen-bond acceptors (Lipinski definition) is 4. The Hall–Kier alpha value is -1.95. The number of halogens is 1. The lowest BCUT2D eigenvalue weighted by Crippen LogP contribution is -2.42. The molecule has 25 heavy (non-hydrogen) atoms. The van der Waals surface area contributed by atoms with Crippen LogP contribution in [0.2, 0.25) is 0 Å². The van der Waals surface area contributed by atoms with Gasteiger partial charge in [0.15, 0.2) is 0 Å². The van der Waals surface area contributed by atoms with E-state index >= 15 is 0 Å². The summed E-state index contributed by atoms with van der Waals surface area (Å²) >= 11 is 0. The monoisotopic (exact) mass is 350 g/mol. The van der Waals surface area contributed by atoms with Crippen molar-refractivity contribution in [1.29, 1.82) is 0 Å². The lowest BCUT2D eigenvalue weighted by molar-refractivity contribution is 0.00471. The molecule has 1 aliphatic rings. The van der Waals surface area contributed by atoms with E-state index in [1.165, 1.54) is 6.20 Å². The van der Waals surface area contributed by atoms with Gasteiger partial charge < -0.3 is 14.7 Å². The Balaban J connectivity index is 2.27. The highest BCUT2D eigenvalue weighted by Crippen LogP contribution is 2.33. The molecule has 2 atom stereocenters. The third-order valence-electron chi connectivity index (χ3n) is 4.13. The topological polar surface area (TPSA) is 62.7 Å². The van der Waals surface area contributed by atoms with Gasteiger partial charge in [-0.15, -0.1) is 0 Å². The average Bonchev–Trinajstić information content (AvgIpc) is 2.96. The first-order valence-corrected chi connectivity index (χ1v) is 8.55. The Morgan fingerprint density at radius 1 is 1.56 bits per heavy atom. The summed E-state index contributed by atoms with van der Waals surface area (Å²) in [5.41, 5.74) is 0.952. The number of carbonyl (C=O) groups is 1. The molecule has 1 N–H and O–H groups in total. The van der Waals surface area contributed by atoms with Gasteiger partial charge in [0.05, 0.1) is 12.1 Å². The van der Waals surface area contributed by atoms with E-state index in [1.807, 2.05) is 0 Å². The van der Waals surface area contributed by atoms with Gasteiger partial charge in [0.1, 0.15) is 5.60 Å². The maximum absolute atomic E-state index is 14.2. The van der Waals surface area contributed by atoms with Crippen LogP contribution < -0.4 is 0 Å². The number of amides is 1.